The van der Waals surface area contributed by atoms with Crippen molar-refractivity contribution in [3.05, 3.63) is 53.1 Å². The summed E-state index contributed by atoms with van der Waals surface area (Å²) in [4.78, 5) is 0.0623. The first kappa shape index (κ1) is 14.9. The molecule has 5 nitrogen and oxygen atoms in total. The predicted octanol–water partition coefficient (Wildman–Crippen LogP) is 2.68. The quantitative estimate of drug-likeness (QED) is 0.853. The van der Waals surface area contributed by atoms with Crippen LogP contribution in [0.15, 0.2) is 41.3 Å². The molecule has 0 saturated heterocycles. The van der Waals surface area contributed by atoms with Crippen LogP contribution in [0.5, 0.6) is 5.75 Å². The fourth-order valence-electron chi connectivity index (χ4n) is 1.89. The van der Waals surface area contributed by atoms with Gasteiger partial charge in [-0.2, -0.15) is 5.26 Å². The van der Waals surface area contributed by atoms with Crippen molar-refractivity contribution in [3.63, 3.8) is 0 Å². The van der Waals surface area contributed by atoms with Gasteiger partial charge in [-0.3, -0.25) is 4.72 Å². The Morgan fingerprint density at radius 1 is 1.10 bits per heavy atom. The molecule has 0 saturated carbocycles. The number of hydrogen-bond acceptors (Lipinski definition) is 4. The zero-order valence-corrected chi connectivity index (χ0v) is 12.4. The third kappa shape index (κ3) is 3.15. The smallest absolute Gasteiger partial charge is 0.262 e. The maximum atomic E-state index is 12.4. The van der Waals surface area contributed by atoms with E-state index in [1.807, 2.05) is 6.07 Å². The lowest BCUT2D eigenvalue weighted by Crippen LogP contribution is -2.14. The van der Waals surface area contributed by atoms with E-state index in [1.54, 1.807) is 26.0 Å². The number of sulfonamides is 1. The number of anilines is 1. The Labute approximate surface area is 123 Å². The molecule has 0 fully saturated rings. The van der Waals surface area contributed by atoms with E-state index in [1.165, 1.54) is 24.3 Å². The van der Waals surface area contributed by atoms with Crippen LogP contribution in [0.3, 0.4) is 0 Å². The van der Waals surface area contributed by atoms with Gasteiger partial charge in [-0.05, 0) is 55.3 Å². The molecular weight excluding hydrogens is 288 g/mol. The number of nitrogens with zero attached hydrogens (tertiary/aromatic N) is 1. The van der Waals surface area contributed by atoms with Crippen LogP contribution in [-0.2, 0) is 10.0 Å². The highest BCUT2D eigenvalue weighted by atomic mass is 32.2. The standard InChI is InChI=1S/C15H14N2O3S/c1-10-3-4-12(9-16)8-15(10)21(19,20)17-13-5-6-14(18)11(2)7-13/h3-8,17-18H,1-2H3. The second-order valence-electron chi connectivity index (χ2n) is 4.70. The highest BCUT2D eigenvalue weighted by molar-refractivity contribution is 7.92. The van der Waals surface area contributed by atoms with Crippen LogP contribution in [0.1, 0.15) is 16.7 Å². The fourth-order valence-corrected chi connectivity index (χ4v) is 3.21. The molecule has 0 heterocycles. The number of aryl methyl sites for hydroxylation is 2. The summed E-state index contributed by atoms with van der Waals surface area (Å²) < 4.78 is 27.3. The molecule has 0 aliphatic rings. The molecule has 0 atom stereocenters. The number of benzene rings is 2. The predicted molar refractivity (Wildman–Crippen MR) is 79.5 cm³/mol. The molecule has 2 aromatic carbocycles. The zero-order chi connectivity index (χ0) is 15.6. The molecule has 2 rings (SSSR count). The molecule has 2 N–H and O–H groups in total. The first-order valence-electron chi connectivity index (χ1n) is 6.16. The van der Waals surface area contributed by atoms with E-state index in [-0.39, 0.29) is 16.2 Å². The summed E-state index contributed by atoms with van der Waals surface area (Å²) in [6, 6.07) is 10.9. The minimum atomic E-state index is -3.79. The summed E-state index contributed by atoms with van der Waals surface area (Å²) in [6.45, 7) is 3.34. The zero-order valence-electron chi connectivity index (χ0n) is 11.6. The van der Waals surface area contributed by atoms with Gasteiger partial charge in [0, 0.05) is 5.69 Å². The first-order chi connectivity index (χ1) is 9.83. The molecule has 0 bridgehead atoms. The number of hydrogen-bond donors (Lipinski definition) is 2. The van der Waals surface area contributed by atoms with Gasteiger partial charge < -0.3 is 5.11 Å². The topological polar surface area (TPSA) is 90.2 Å². The van der Waals surface area contributed by atoms with Gasteiger partial charge >= 0.3 is 0 Å². The van der Waals surface area contributed by atoms with E-state index < -0.39 is 10.0 Å². The number of phenolic OH excluding ortho intramolecular Hbond substituents is 1. The van der Waals surface area contributed by atoms with E-state index in [0.717, 1.165) is 0 Å². The Kier molecular flexibility index (Phi) is 3.87. The van der Waals surface area contributed by atoms with Crippen LogP contribution in [0, 0.1) is 25.2 Å². The van der Waals surface area contributed by atoms with Gasteiger partial charge in [0.15, 0.2) is 0 Å². The van der Waals surface area contributed by atoms with Crippen LogP contribution < -0.4 is 4.72 Å². The molecule has 0 amide bonds. The third-order valence-electron chi connectivity index (χ3n) is 3.06. The Bertz CT molecular complexity index is 836. The summed E-state index contributed by atoms with van der Waals surface area (Å²) in [6.07, 6.45) is 0. The van der Waals surface area contributed by atoms with Gasteiger partial charge in [-0.15, -0.1) is 0 Å². The number of phenols is 1. The van der Waals surface area contributed by atoms with E-state index in [2.05, 4.69) is 4.72 Å². The van der Waals surface area contributed by atoms with E-state index in [9.17, 15) is 13.5 Å². The van der Waals surface area contributed by atoms with Crippen molar-refractivity contribution < 1.29 is 13.5 Å². The van der Waals surface area contributed by atoms with E-state index in [4.69, 9.17) is 5.26 Å². The Morgan fingerprint density at radius 2 is 1.81 bits per heavy atom. The molecule has 0 aromatic heterocycles. The average Bonchev–Trinajstić information content (AvgIpc) is 2.43. The van der Waals surface area contributed by atoms with Crippen LogP contribution in [0.2, 0.25) is 0 Å². The lowest BCUT2D eigenvalue weighted by molar-refractivity contribution is 0.471. The van der Waals surface area contributed by atoms with Crippen molar-refractivity contribution >= 4 is 15.7 Å². The Hall–Kier alpha value is -2.52. The second kappa shape index (κ2) is 5.46. The number of rotatable bonds is 3. The average molecular weight is 302 g/mol. The number of aromatic hydroxyl groups is 1. The maximum Gasteiger partial charge on any atom is 0.262 e. The normalized spacial score (nSPS) is 10.9. The lowest BCUT2D eigenvalue weighted by atomic mass is 10.2. The van der Waals surface area contributed by atoms with Gasteiger partial charge in [0.1, 0.15) is 5.75 Å². The van der Waals surface area contributed by atoms with Gasteiger partial charge in [0.2, 0.25) is 0 Å². The molecule has 108 valence electrons. The summed E-state index contributed by atoms with van der Waals surface area (Å²) in [7, 11) is -3.79. The van der Waals surface area contributed by atoms with Crippen molar-refractivity contribution in [2.75, 3.05) is 4.72 Å². The van der Waals surface area contributed by atoms with Gasteiger partial charge in [-0.1, -0.05) is 6.07 Å². The fraction of sp³-hybridized carbons (Fsp3) is 0.133. The molecule has 0 spiro atoms. The van der Waals surface area contributed by atoms with Crippen molar-refractivity contribution in [3.8, 4) is 11.8 Å². The molecular formula is C15H14N2O3S. The van der Waals surface area contributed by atoms with Crippen molar-refractivity contribution in [2.24, 2.45) is 0 Å². The van der Waals surface area contributed by atoms with E-state index in [0.29, 0.717) is 16.8 Å². The highest BCUT2D eigenvalue weighted by Gasteiger charge is 2.18. The molecule has 0 unspecified atom stereocenters. The van der Waals surface area contributed by atoms with Gasteiger partial charge in [0.25, 0.3) is 10.0 Å². The second-order valence-corrected chi connectivity index (χ2v) is 6.35. The summed E-state index contributed by atoms with van der Waals surface area (Å²) in [5, 5.41) is 18.3. The molecule has 0 aliphatic carbocycles. The van der Waals surface area contributed by atoms with Crippen molar-refractivity contribution in [1.82, 2.24) is 0 Å². The molecule has 0 radical (unpaired) electrons. The number of nitrogens with one attached hydrogen (secondary N) is 1. The molecule has 0 aliphatic heterocycles. The van der Waals surface area contributed by atoms with Crippen LogP contribution >= 0.6 is 0 Å². The summed E-state index contributed by atoms with van der Waals surface area (Å²) in [5.41, 5.74) is 1.75. The van der Waals surface area contributed by atoms with Gasteiger partial charge in [0.05, 0.1) is 16.5 Å². The monoisotopic (exact) mass is 302 g/mol. The minimum Gasteiger partial charge on any atom is -0.508 e. The molecule has 6 heteroatoms. The molecule has 21 heavy (non-hydrogen) atoms. The largest absolute Gasteiger partial charge is 0.508 e. The number of nitriles is 1. The SMILES string of the molecule is Cc1cc(NS(=O)(=O)c2cc(C#N)ccc2C)ccc1O. The van der Waals surface area contributed by atoms with Crippen LogP contribution in [0.25, 0.3) is 0 Å². The first-order valence-corrected chi connectivity index (χ1v) is 7.65. The lowest BCUT2D eigenvalue weighted by Gasteiger charge is -2.11. The third-order valence-corrected chi connectivity index (χ3v) is 4.58. The summed E-state index contributed by atoms with van der Waals surface area (Å²) in [5.74, 6) is 0.0978. The van der Waals surface area contributed by atoms with Crippen LogP contribution in [-0.4, -0.2) is 13.5 Å². The van der Waals surface area contributed by atoms with Gasteiger partial charge in [-0.25, -0.2) is 8.42 Å². The Balaban J connectivity index is 2.43. The van der Waals surface area contributed by atoms with Crippen LogP contribution in [0.4, 0.5) is 5.69 Å². The van der Waals surface area contributed by atoms with Crippen molar-refractivity contribution in [1.29, 1.82) is 5.26 Å². The summed E-state index contributed by atoms with van der Waals surface area (Å²) >= 11 is 0. The Morgan fingerprint density at radius 3 is 2.43 bits per heavy atom. The highest BCUT2D eigenvalue weighted by Crippen LogP contribution is 2.24. The van der Waals surface area contributed by atoms with Crippen molar-refractivity contribution in [2.45, 2.75) is 18.7 Å². The maximum absolute atomic E-state index is 12.4. The minimum absolute atomic E-state index is 0.0623. The molecule has 2 aromatic rings. The van der Waals surface area contributed by atoms with E-state index >= 15 is 0 Å².